The van der Waals surface area contributed by atoms with Crippen LogP contribution in [0.15, 0.2) is 77.7 Å². The van der Waals surface area contributed by atoms with E-state index in [-0.39, 0.29) is 24.7 Å². The Bertz CT molecular complexity index is 1350. The first-order valence-electron chi connectivity index (χ1n) is 11.7. The van der Waals surface area contributed by atoms with Crippen LogP contribution in [0.4, 0.5) is 13.2 Å². The molecular weight excluding hydrogens is 481 g/mol. The molecule has 1 N–H and O–H groups in total. The average Bonchev–Trinajstić information content (AvgIpc) is 3.33. The molecule has 0 spiro atoms. The van der Waals surface area contributed by atoms with E-state index in [2.05, 4.69) is 21.4 Å². The van der Waals surface area contributed by atoms with Crippen LogP contribution >= 0.6 is 0 Å². The van der Waals surface area contributed by atoms with Crippen molar-refractivity contribution in [1.82, 2.24) is 20.2 Å². The third kappa shape index (κ3) is 7.27. The van der Waals surface area contributed by atoms with Gasteiger partial charge in [0.25, 0.3) is 5.91 Å². The first-order valence-corrected chi connectivity index (χ1v) is 11.7. The van der Waals surface area contributed by atoms with E-state index in [4.69, 9.17) is 4.42 Å². The molecule has 6 nitrogen and oxygen atoms in total. The van der Waals surface area contributed by atoms with Gasteiger partial charge in [-0.25, -0.2) is 4.98 Å². The highest BCUT2D eigenvalue weighted by Crippen LogP contribution is 2.30. The van der Waals surface area contributed by atoms with Gasteiger partial charge < -0.3 is 9.73 Å². The second-order valence-electron chi connectivity index (χ2n) is 8.94. The fourth-order valence-corrected chi connectivity index (χ4v) is 3.99. The summed E-state index contributed by atoms with van der Waals surface area (Å²) >= 11 is 0. The second kappa shape index (κ2) is 11.4. The summed E-state index contributed by atoms with van der Waals surface area (Å²) in [6.07, 6.45) is 0.154. The van der Waals surface area contributed by atoms with Crippen molar-refractivity contribution in [2.75, 3.05) is 0 Å². The van der Waals surface area contributed by atoms with Gasteiger partial charge in [-0.1, -0.05) is 42.0 Å². The van der Waals surface area contributed by atoms with Gasteiger partial charge in [0.15, 0.2) is 5.69 Å². The van der Waals surface area contributed by atoms with Crippen LogP contribution in [-0.2, 0) is 32.4 Å². The zero-order valence-corrected chi connectivity index (χ0v) is 20.5. The number of aryl methyl sites for hydroxylation is 2. The lowest BCUT2D eigenvalue weighted by Crippen LogP contribution is -2.24. The molecule has 0 saturated heterocycles. The second-order valence-corrected chi connectivity index (χ2v) is 8.94. The van der Waals surface area contributed by atoms with E-state index in [1.165, 1.54) is 12.3 Å². The monoisotopic (exact) mass is 508 g/mol. The molecule has 9 heteroatoms. The molecule has 0 atom stereocenters. The number of carbonyl (C=O) groups is 1. The van der Waals surface area contributed by atoms with Crippen LogP contribution in [0.25, 0.3) is 0 Å². The Morgan fingerprint density at radius 1 is 0.973 bits per heavy atom. The molecule has 0 radical (unpaired) electrons. The molecule has 0 fully saturated rings. The molecule has 0 aliphatic carbocycles. The van der Waals surface area contributed by atoms with Crippen LogP contribution in [0.1, 0.15) is 49.8 Å². The Hall–Kier alpha value is -3.98. The first-order chi connectivity index (χ1) is 17.7. The van der Waals surface area contributed by atoms with E-state index in [1.54, 1.807) is 30.6 Å². The number of nitrogens with zero attached hydrogens (tertiary/aromatic N) is 3. The predicted molar refractivity (Wildman–Crippen MR) is 132 cm³/mol. The summed E-state index contributed by atoms with van der Waals surface area (Å²) in [6, 6.07) is 15.0. The van der Waals surface area contributed by atoms with Gasteiger partial charge in [-0.2, -0.15) is 13.2 Å². The number of nitrogens with one attached hydrogen (secondary N) is 1. The van der Waals surface area contributed by atoms with Gasteiger partial charge >= 0.3 is 6.18 Å². The molecular formula is C28H27F3N4O2. The van der Waals surface area contributed by atoms with Crippen molar-refractivity contribution in [1.29, 1.82) is 0 Å². The molecule has 192 valence electrons. The Morgan fingerprint density at radius 2 is 1.76 bits per heavy atom. The third-order valence-corrected chi connectivity index (χ3v) is 5.90. The lowest BCUT2D eigenvalue weighted by molar-refractivity contribution is -0.137. The molecule has 2 aromatic heterocycles. The largest absolute Gasteiger partial charge is 0.447 e. The number of rotatable bonds is 9. The molecule has 2 heterocycles. The van der Waals surface area contributed by atoms with Crippen LogP contribution in [0.2, 0.25) is 0 Å². The smallest absolute Gasteiger partial charge is 0.416 e. The van der Waals surface area contributed by atoms with E-state index in [1.807, 2.05) is 30.9 Å². The third-order valence-electron chi connectivity index (χ3n) is 5.90. The first kappa shape index (κ1) is 26.1. The molecule has 37 heavy (non-hydrogen) atoms. The maximum atomic E-state index is 13.3. The van der Waals surface area contributed by atoms with Gasteiger partial charge in [0, 0.05) is 32.0 Å². The summed E-state index contributed by atoms with van der Waals surface area (Å²) in [5.41, 5.74) is 4.10. The summed E-state index contributed by atoms with van der Waals surface area (Å²) < 4.78 is 45.3. The Balaban J connectivity index is 1.50. The molecule has 1 amide bonds. The van der Waals surface area contributed by atoms with E-state index in [0.717, 1.165) is 34.4 Å². The van der Waals surface area contributed by atoms with Gasteiger partial charge in [-0.15, -0.1) is 0 Å². The minimum atomic E-state index is -4.42. The summed E-state index contributed by atoms with van der Waals surface area (Å²) in [5.74, 6) is -0.0866. The van der Waals surface area contributed by atoms with Crippen LogP contribution in [0, 0.1) is 13.8 Å². The van der Waals surface area contributed by atoms with Crippen LogP contribution in [-0.4, -0.2) is 20.8 Å². The highest BCUT2D eigenvalue weighted by Gasteiger charge is 2.30. The average molecular weight is 509 g/mol. The summed E-state index contributed by atoms with van der Waals surface area (Å²) in [4.78, 5) is 22.8. The van der Waals surface area contributed by atoms with Crippen molar-refractivity contribution in [3.05, 3.63) is 118 Å². The SMILES string of the molecule is Cc1ccc(CN(Cc2cccc(C(F)(F)F)c2)Cc2nc(C(=O)NCc3ccncc3)co2)c(C)c1. The highest BCUT2D eigenvalue weighted by atomic mass is 19.4. The maximum Gasteiger partial charge on any atom is 0.416 e. The lowest BCUT2D eigenvalue weighted by atomic mass is 10.0. The Morgan fingerprint density at radius 3 is 2.49 bits per heavy atom. The van der Waals surface area contributed by atoms with Crippen molar-refractivity contribution in [2.45, 2.75) is 46.2 Å². The van der Waals surface area contributed by atoms with E-state index in [0.29, 0.717) is 24.5 Å². The molecule has 4 aromatic rings. The minimum absolute atomic E-state index is 0.134. The predicted octanol–water partition coefficient (Wildman–Crippen LogP) is 5.84. The van der Waals surface area contributed by atoms with Crippen LogP contribution in [0.5, 0.6) is 0 Å². The molecule has 0 saturated carbocycles. The molecule has 0 unspecified atom stereocenters. The number of hydrogen-bond donors (Lipinski definition) is 1. The normalized spacial score (nSPS) is 11.6. The van der Waals surface area contributed by atoms with Gasteiger partial charge in [0.05, 0.1) is 12.1 Å². The van der Waals surface area contributed by atoms with Crippen molar-refractivity contribution in [3.63, 3.8) is 0 Å². The Labute approximate surface area is 213 Å². The van der Waals surface area contributed by atoms with Gasteiger partial charge in [-0.3, -0.25) is 14.7 Å². The van der Waals surface area contributed by atoms with Crippen molar-refractivity contribution >= 4 is 5.91 Å². The summed E-state index contributed by atoms with van der Waals surface area (Å²) in [7, 11) is 0. The van der Waals surface area contributed by atoms with Gasteiger partial charge in [0.2, 0.25) is 5.89 Å². The fraction of sp³-hybridized carbons (Fsp3) is 0.250. The molecule has 0 aliphatic heterocycles. The number of amides is 1. The van der Waals surface area contributed by atoms with E-state index < -0.39 is 11.7 Å². The molecule has 4 rings (SSSR count). The fourth-order valence-electron chi connectivity index (χ4n) is 3.99. The minimum Gasteiger partial charge on any atom is -0.447 e. The van der Waals surface area contributed by atoms with Crippen LogP contribution in [0.3, 0.4) is 0 Å². The number of oxazole rings is 1. The zero-order chi connectivity index (χ0) is 26.4. The number of carbonyl (C=O) groups excluding carboxylic acids is 1. The van der Waals surface area contributed by atoms with Crippen molar-refractivity contribution < 1.29 is 22.4 Å². The zero-order valence-electron chi connectivity index (χ0n) is 20.5. The number of hydrogen-bond acceptors (Lipinski definition) is 5. The van der Waals surface area contributed by atoms with Crippen molar-refractivity contribution in [2.24, 2.45) is 0 Å². The lowest BCUT2D eigenvalue weighted by Gasteiger charge is -2.22. The summed E-state index contributed by atoms with van der Waals surface area (Å²) in [5, 5.41) is 2.79. The molecule has 0 aliphatic rings. The highest BCUT2D eigenvalue weighted by molar-refractivity contribution is 5.91. The van der Waals surface area contributed by atoms with Gasteiger partial charge in [-0.05, 0) is 54.3 Å². The molecule has 2 aromatic carbocycles. The number of aromatic nitrogens is 2. The topological polar surface area (TPSA) is 71.3 Å². The quantitative estimate of drug-likeness (QED) is 0.308. The van der Waals surface area contributed by atoms with E-state index >= 15 is 0 Å². The maximum absolute atomic E-state index is 13.3. The Kier molecular flexibility index (Phi) is 8.03. The number of benzene rings is 2. The number of pyridine rings is 1. The van der Waals surface area contributed by atoms with E-state index in [9.17, 15) is 18.0 Å². The van der Waals surface area contributed by atoms with Gasteiger partial charge in [0.1, 0.15) is 6.26 Å². The number of halogens is 3. The number of alkyl halides is 3. The standard InChI is InChI=1S/C28H27F3N4O2/c1-19-6-7-23(20(2)12-19)16-35(15-22-4-3-5-24(13-22)28(29,30)31)17-26-34-25(18-37-26)27(36)33-14-21-8-10-32-11-9-21/h3-13,18H,14-17H2,1-2H3,(H,33,36). The molecule has 0 bridgehead atoms. The van der Waals surface area contributed by atoms with Crippen molar-refractivity contribution in [3.8, 4) is 0 Å². The summed E-state index contributed by atoms with van der Waals surface area (Å²) in [6.45, 7) is 5.24. The van der Waals surface area contributed by atoms with Crippen LogP contribution < -0.4 is 5.32 Å².